The Hall–Kier alpha value is -0.910. The lowest BCUT2D eigenvalue weighted by atomic mass is 10.2. The summed E-state index contributed by atoms with van der Waals surface area (Å²) < 4.78 is 20.8. The van der Waals surface area contributed by atoms with Crippen LogP contribution >= 0.6 is 31.9 Å². The normalized spacial score (nSPS) is 10.6. The third-order valence-electron chi connectivity index (χ3n) is 2.66. The minimum absolute atomic E-state index is 0.336. The molecule has 0 spiro atoms. The molecule has 2 aromatic rings. The summed E-state index contributed by atoms with van der Waals surface area (Å²) >= 11 is 6.68. The number of ether oxygens (including phenoxy) is 1. The Balaban J connectivity index is 2.28. The number of rotatable bonds is 5. The molecule has 0 unspecified atom stereocenters. The first-order valence-corrected chi connectivity index (χ1v) is 7.80. The predicted octanol–water partition coefficient (Wildman–Crippen LogP) is 5.25. The van der Waals surface area contributed by atoms with Crippen LogP contribution in [0.1, 0.15) is 12.5 Å². The van der Waals surface area contributed by atoms with Gasteiger partial charge in [-0.1, -0.05) is 44.8 Å². The third kappa shape index (κ3) is 4.30. The van der Waals surface area contributed by atoms with E-state index >= 15 is 0 Å². The largest absolute Gasteiger partial charge is 0.457 e. The molecule has 0 aromatic heterocycles. The zero-order valence-electron chi connectivity index (χ0n) is 10.9. The highest BCUT2D eigenvalue weighted by Crippen LogP contribution is 2.30. The summed E-state index contributed by atoms with van der Waals surface area (Å²) in [4.78, 5) is 0. The Morgan fingerprint density at radius 3 is 2.60 bits per heavy atom. The third-order valence-corrected chi connectivity index (χ3v) is 3.61. The Kier molecular flexibility index (Phi) is 5.57. The molecule has 2 rings (SSSR count). The smallest absolute Gasteiger partial charge is 0.133 e. The quantitative estimate of drug-likeness (QED) is 0.737. The first-order valence-electron chi connectivity index (χ1n) is 6.21. The van der Waals surface area contributed by atoms with Gasteiger partial charge in [0.15, 0.2) is 0 Å². The molecule has 1 N–H and O–H groups in total. The second kappa shape index (κ2) is 7.20. The van der Waals surface area contributed by atoms with Crippen molar-refractivity contribution in [2.24, 2.45) is 0 Å². The van der Waals surface area contributed by atoms with Crippen LogP contribution in [-0.4, -0.2) is 6.54 Å². The van der Waals surface area contributed by atoms with Gasteiger partial charge in [-0.15, -0.1) is 0 Å². The minimum atomic E-state index is -0.336. The van der Waals surface area contributed by atoms with Crippen LogP contribution in [0.2, 0.25) is 0 Å². The monoisotopic (exact) mass is 401 g/mol. The van der Waals surface area contributed by atoms with Gasteiger partial charge in [0.05, 0.1) is 0 Å². The lowest BCUT2D eigenvalue weighted by molar-refractivity contribution is 0.467. The lowest BCUT2D eigenvalue weighted by Crippen LogP contribution is -2.12. The van der Waals surface area contributed by atoms with Gasteiger partial charge in [0.1, 0.15) is 17.3 Å². The summed E-state index contributed by atoms with van der Waals surface area (Å²) in [7, 11) is 0. The van der Waals surface area contributed by atoms with Crippen molar-refractivity contribution in [1.29, 1.82) is 0 Å². The van der Waals surface area contributed by atoms with Gasteiger partial charge in [-0.3, -0.25) is 0 Å². The fourth-order valence-corrected chi connectivity index (χ4v) is 2.53. The zero-order valence-corrected chi connectivity index (χ0v) is 14.1. The van der Waals surface area contributed by atoms with Crippen LogP contribution in [0.15, 0.2) is 45.3 Å². The molecule has 0 amide bonds. The molecule has 0 fully saturated rings. The summed E-state index contributed by atoms with van der Waals surface area (Å²) in [6, 6.07) is 10.3. The van der Waals surface area contributed by atoms with E-state index in [1.165, 1.54) is 12.1 Å². The van der Waals surface area contributed by atoms with Crippen molar-refractivity contribution in [3.05, 3.63) is 56.7 Å². The Morgan fingerprint density at radius 2 is 1.90 bits per heavy atom. The maximum Gasteiger partial charge on any atom is 0.133 e. The van der Waals surface area contributed by atoms with Gasteiger partial charge in [-0.25, -0.2) is 4.39 Å². The van der Waals surface area contributed by atoms with E-state index in [0.717, 1.165) is 16.6 Å². The molecule has 0 radical (unpaired) electrons. The van der Waals surface area contributed by atoms with E-state index in [2.05, 4.69) is 37.2 Å². The number of halogens is 3. The van der Waals surface area contributed by atoms with Gasteiger partial charge in [0.2, 0.25) is 0 Å². The standard InChI is InChI=1S/C15H14Br2FNO/c1-2-19-9-10-3-4-11(16)7-15(10)20-14-6-12(17)5-13(18)8-14/h3-8,19H,2,9H2,1H3. The molecular weight excluding hydrogens is 389 g/mol. The average Bonchev–Trinajstić information content (AvgIpc) is 2.36. The van der Waals surface area contributed by atoms with Crippen LogP contribution < -0.4 is 10.1 Å². The van der Waals surface area contributed by atoms with Gasteiger partial charge >= 0.3 is 0 Å². The summed E-state index contributed by atoms with van der Waals surface area (Å²) in [6.45, 7) is 3.62. The van der Waals surface area contributed by atoms with Crippen LogP contribution in [0, 0.1) is 5.82 Å². The maximum atomic E-state index is 13.4. The van der Waals surface area contributed by atoms with Crippen molar-refractivity contribution in [2.75, 3.05) is 6.54 Å². The zero-order chi connectivity index (χ0) is 14.5. The Bertz CT molecular complexity index is 584. The fourth-order valence-electron chi connectivity index (χ4n) is 1.74. The summed E-state index contributed by atoms with van der Waals surface area (Å²) in [5.74, 6) is 0.836. The predicted molar refractivity (Wildman–Crippen MR) is 85.7 cm³/mol. The number of benzene rings is 2. The maximum absolute atomic E-state index is 13.4. The van der Waals surface area contributed by atoms with E-state index in [1.54, 1.807) is 6.07 Å². The molecule has 0 atom stereocenters. The average molecular weight is 403 g/mol. The highest BCUT2D eigenvalue weighted by atomic mass is 79.9. The van der Waals surface area contributed by atoms with E-state index in [0.29, 0.717) is 22.5 Å². The molecule has 0 saturated carbocycles. The van der Waals surface area contributed by atoms with E-state index in [4.69, 9.17) is 4.74 Å². The molecule has 2 nitrogen and oxygen atoms in total. The minimum Gasteiger partial charge on any atom is -0.457 e. The molecule has 5 heteroatoms. The molecule has 106 valence electrons. The van der Waals surface area contributed by atoms with Crippen LogP contribution in [0.5, 0.6) is 11.5 Å². The highest BCUT2D eigenvalue weighted by Gasteiger charge is 2.07. The molecule has 0 bridgehead atoms. The van der Waals surface area contributed by atoms with Gasteiger partial charge < -0.3 is 10.1 Å². The van der Waals surface area contributed by atoms with Gasteiger partial charge in [-0.05, 0) is 30.8 Å². The molecule has 0 aliphatic heterocycles. The van der Waals surface area contributed by atoms with Gasteiger partial charge in [0.25, 0.3) is 0 Å². The lowest BCUT2D eigenvalue weighted by Gasteiger charge is -2.12. The van der Waals surface area contributed by atoms with Gasteiger partial charge in [0, 0.05) is 27.1 Å². The molecular formula is C15H14Br2FNO. The molecule has 0 aliphatic rings. The first kappa shape index (κ1) is 15.5. The topological polar surface area (TPSA) is 21.3 Å². The van der Waals surface area contributed by atoms with Crippen LogP contribution in [-0.2, 0) is 6.54 Å². The second-order valence-corrected chi connectivity index (χ2v) is 6.07. The summed E-state index contributed by atoms with van der Waals surface area (Å²) in [6.07, 6.45) is 0. The highest BCUT2D eigenvalue weighted by molar-refractivity contribution is 9.10. The summed E-state index contributed by atoms with van der Waals surface area (Å²) in [5, 5.41) is 3.25. The second-order valence-electron chi connectivity index (χ2n) is 4.24. The summed E-state index contributed by atoms with van der Waals surface area (Å²) in [5.41, 5.74) is 1.02. The van der Waals surface area contributed by atoms with Crippen molar-refractivity contribution in [3.8, 4) is 11.5 Å². The Morgan fingerprint density at radius 1 is 1.10 bits per heavy atom. The molecule has 0 heterocycles. The molecule has 0 aliphatic carbocycles. The molecule has 2 aromatic carbocycles. The van der Waals surface area contributed by atoms with E-state index < -0.39 is 0 Å². The fraction of sp³-hybridized carbons (Fsp3) is 0.200. The van der Waals surface area contributed by atoms with Crippen molar-refractivity contribution >= 4 is 31.9 Å². The van der Waals surface area contributed by atoms with Crippen LogP contribution in [0.25, 0.3) is 0 Å². The van der Waals surface area contributed by atoms with Crippen molar-refractivity contribution in [1.82, 2.24) is 5.32 Å². The molecule has 20 heavy (non-hydrogen) atoms. The van der Waals surface area contributed by atoms with E-state index in [-0.39, 0.29) is 5.82 Å². The van der Waals surface area contributed by atoms with Crippen molar-refractivity contribution in [3.63, 3.8) is 0 Å². The van der Waals surface area contributed by atoms with E-state index in [1.807, 2.05) is 25.1 Å². The van der Waals surface area contributed by atoms with Crippen LogP contribution in [0.4, 0.5) is 4.39 Å². The Labute approximate surface area is 134 Å². The first-order chi connectivity index (χ1) is 9.58. The number of hydrogen-bond acceptors (Lipinski definition) is 2. The van der Waals surface area contributed by atoms with Crippen molar-refractivity contribution in [2.45, 2.75) is 13.5 Å². The number of nitrogens with one attached hydrogen (secondary N) is 1. The number of hydrogen-bond donors (Lipinski definition) is 1. The molecule has 0 saturated heterocycles. The van der Waals surface area contributed by atoms with Crippen LogP contribution in [0.3, 0.4) is 0 Å². The van der Waals surface area contributed by atoms with Crippen molar-refractivity contribution < 1.29 is 9.13 Å². The SMILES string of the molecule is CCNCc1ccc(Br)cc1Oc1cc(F)cc(Br)c1. The van der Waals surface area contributed by atoms with Gasteiger partial charge in [-0.2, -0.15) is 0 Å². The van der Waals surface area contributed by atoms with E-state index in [9.17, 15) is 4.39 Å².